The molecule has 0 bridgehead atoms. The number of carbonyl (C=O) groups is 2. The minimum Gasteiger partial charge on any atom is -0.395 e. The second kappa shape index (κ2) is 8.98. The molecule has 1 aliphatic rings. The van der Waals surface area contributed by atoms with Crippen LogP contribution in [0.5, 0.6) is 0 Å². The van der Waals surface area contributed by atoms with E-state index in [1.807, 2.05) is 6.07 Å². The number of hydrogen-bond donors (Lipinski definition) is 3. The highest BCUT2D eigenvalue weighted by atomic mass is 79.9. The van der Waals surface area contributed by atoms with E-state index in [4.69, 9.17) is 5.11 Å². The van der Waals surface area contributed by atoms with Crippen LogP contribution in [0.25, 0.3) is 0 Å². The first-order valence-electron chi connectivity index (χ1n) is 9.81. The van der Waals surface area contributed by atoms with Gasteiger partial charge in [0.1, 0.15) is 5.00 Å². The van der Waals surface area contributed by atoms with Gasteiger partial charge in [0.15, 0.2) is 0 Å². The SMILES string of the molecule is CC(C)(C)C1CCc2c(sc(NC(=O)c3cccc(Br)c3)c2C(=O)NCCO)C1. The van der Waals surface area contributed by atoms with Crippen LogP contribution < -0.4 is 10.6 Å². The second-order valence-corrected chi connectivity index (χ2v) is 10.5. The number of thiophene rings is 1. The van der Waals surface area contributed by atoms with Crippen LogP contribution in [-0.2, 0) is 12.8 Å². The molecule has 3 rings (SSSR count). The predicted molar refractivity (Wildman–Crippen MR) is 121 cm³/mol. The monoisotopic (exact) mass is 478 g/mol. The number of aliphatic hydroxyl groups is 1. The Hall–Kier alpha value is -1.70. The van der Waals surface area contributed by atoms with Gasteiger partial charge in [-0.25, -0.2) is 0 Å². The molecular weight excluding hydrogens is 452 g/mol. The molecule has 1 unspecified atom stereocenters. The molecule has 1 heterocycles. The van der Waals surface area contributed by atoms with Crippen molar-refractivity contribution < 1.29 is 14.7 Å². The summed E-state index contributed by atoms with van der Waals surface area (Å²) in [7, 11) is 0. The summed E-state index contributed by atoms with van der Waals surface area (Å²) in [5.41, 5.74) is 2.31. The van der Waals surface area contributed by atoms with Gasteiger partial charge in [0.2, 0.25) is 0 Å². The molecule has 0 saturated carbocycles. The van der Waals surface area contributed by atoms with Crippen molar-refractivity contribution in [1.29, 1.82) is 0 Å². The number of benzene rings is 1. The van der Waals surface area contributed by atoms with Crippen LogP contribution in [0.4, 0.5) is 5.00 Å². The number of carbonyl (C=O) groups excluding carboxylic acids is 2. The maximum Gasteiger partial charge on any atom is 0.256 e. The van der Waals surface area contributed by atoms with Gasteiger partial charge in [0.25, 0.3) is 11.8 Å². The lowest BCUT2D eigenvalue weighted by Gasteiger charge is -2.33. The lowest BCUT2D eigenvalue weighted by molar-refractivity contribution is 0.0944. The molecule has 2 amide bonds. The summed E-state index contributed by atoms with van der Waals surface area (Å²) in [6, 6.07) is 7.17. The van der Waals surface area contributed by atoms with Crippen LogP contribution in [-0.4, -0.2) is 30.1 Å². The summed E-state index contributed by atoms with van der Waals surface area (Å²) in [5, 5.41) is 15.4. The Morgan fingerprint density at radius 1 is 1.28 bits per heavy atom. The highest BCUT2D eigenvalue weighted by molar-refractivity contribution is 9.10. The van der Waals surface area contributed by atoms with Crippen molar-refractivity contribution in [2.45, 2.75) is 40.0 Å². The fourth-order valence-corrected chi connectivity index (χ4v) is 5.44. The summed E-state index contributed by atoms with van der Waals surface area (Å²) in [4.78, 5) is 26.8. The van der Waals surface area contributed by atoms with Gasteiger partial charge in [-0.3, -0.25) is 9.59 Å². The van der Waals surface area contributed by atoms with Crippen LogP contribution in [0.15, 0.2) is 28.7 Å². The zero-order chi connectivity index (χ0) is 21.2. The summed E-state index contributed by atoms with van der Waals surface area (Å²) in [5.74, 6) is 0.0550. The maximum atomic E-state index is 12.8. The first kappa shape index (κ1) is 22.0. The Balaban J connectivity index is 1.94. The zero-order valence-electron chi connectivity index (χ0n) is 17.0. The molecule has 0 spiro atoms. The van der Waals surface area contributed by atoms with Crippen LogP contribution >= 0.6 is 27.3 Å². The Bertz CT molecular complexity index is 917. The van der Waals surface area contributed by atoms with Crippen molar-refractivity contribution in [2.24, 2.45) is 11.3 Å². The average Bonchev–Trinajstić information content (AvgIpc) is 3.02. The number of anilines is 1. The molecule has 1 aliphatic carbocycles. The van der Waals surface area contributed by atoms with Crippen molar-refractivity contribution >= 4 is 44.1 Å². The molecule has 5 nitrogen and oxygen atoms in total. The normalized spacial score (nSPS) is 16.2. The Morgan fingerprint density at radius 3 is 2.69 bits per heavy atom. The Kier molecular flexibility index (Phi) is 6.81. The standard InChI is InChI=1S/C22H27BrN2O3S/c1-22(2,3)14-7-8-16-17(12-14)29-21(18(16)20(28)24-9-10-26)25-19(27)13-5-4-6-15(23)11-13/h4-6,11,14,26H,7-10,12H2,1-3H3,(H,24,28)(H,25,27). The Labute approximate surface area is 184 Å². The molecular formula is C22H27BrN2O3S. The number of amides is 2. The number of nitrogens with one attached hydrogen (secondary N) is 2. The van der Waals surface area contributed by atoms with Crippen molar-refractivity contribution in [1.82, 2.24) is 5.32 Å². The molecule has 2 aromatic rings. The lowest BCUT2D eigenvalue weighted by Crippen LogP contribution is -2.30. The average molecular weight is 479 g/mol. The van der Waals surface area contributed by atoms with Gasteiger partial charge >= 0.3 is 0 Å². The minimum atomic E-state index is -0.242. The third kappa shape index (κ3) is 5.08. The number of aliphatic hydroxyl groups excluding tert-OH is 1. The van der Waals surface area contributed by atoms with E-state index in [2.05, 4.69) is 47.3 Å². The number of halogens is 1. The molecule has 1 aromatic carbocycles. The maximum absolute atomic E-state index is 12.8. The number of fused-ring (bicyclic) bond motifs is 1. The molecule has 3 N–H and O–H groups in total. The topological polar surface area (TPSA) is 78.4 Å². The smallest absolute Gasteiger partial charge is 0.256 e. The van der Waals surface area contributed by atoms with E-state index >= 15 is 0 Å². The van der Waals surface area contributed by atoms with Crippen LogP contribution in [0.2, 0.25) is 0 Å². The van der Waals surface area contributed by atoms with E-state index in [-0.39, 0.29) is 30.4 Å². The number of hydrogen-bond acceptors (Lipinski definition) is 4. The fourth-order valence-electron chi connectivity index (χ4n) is 3.72. The molecule has 0 fully saturated rings. The van der Waals surface area contributed by atoms with E-state index in [0.717, 1.165) is 29.3 Å². The van der Waals surface area contributed by atoms with Gasteiger partial charge in [-0.2, -0.15) is 0 Å². The third-order valence-corrected chi connectivity index (χ3v) is 7.09. The van der Waals surface area contributed by atoms with Gasteiger partial charge in [0.05, 0.1) is 12.2 Å². The van der Waals surface area contributed by atoms with E-state index in [1.165, 1.54) is 16.2 Å². The third-order valence-electron chi connectivity index (χ3n) is 5.43. The second-order valence-electron chi connectivity index (χ2n) is 8.46. The first-order chi connectivity index (χ1) is 13.7. The van der Waals surface area contributed by atoms with Crippen molar-refractivity contribution in [3.8, 4) is 0 Å². The zero-order valence-corrected chi connectivity index (χ0v) is 19.4. The summed E-state index contributed by atoms with van der Waals surface area (Å²) >= 11 is 4.89. The largest absolute Gasteiger partial charge is 0.395 e. The van der Waals surface area contributed by atoms with E-state index < -0.39 is 0 Å². The molecule has 29 heavy (non-hydrogen) atoms. The molecule has 0 aliphatic heterocycles. The minimum absolute atomic E-state index is 0.121. The van der Waals surface area contributed by atoms with E-state index in [9.17, 15) is 9.59 Å². The quantitative estimate of drug-likeness (QED) is 0.585. The van der Waals surface area contributed by atoms with Crippen molar-refractivity contribution in [3.05, 3.63) is 50.3 Å². The molecule has 156 valence electrons. The van der Waals surface area contributed by atoms with E-state index in [0.29, 0.717) is 22.0 Å². The molecule has 7 heteroatoms. The molecule has 0 saturated heterocycles. The van der Waals surface area contributed by atoms with Crippen LogP contribution in [0, 0.1) is 11.3 Å². The fraction of sp³-hybridized carbons (Fsp3) is 0.455. The first-order valence-corrected chi connectivity index (χ1v) is 11.4. The van der Waals surface area contributed by atoms with Gasteiger partial charge in [-0.1, -0.05) is 42.8 Å². The molecule has 1 aromatic heterocycles. The van der Waals surface area contributed by atoms with Crippen LogP contribution in [0.1, 0.15) is 58.3 Å². The van der Waals surface area contributed by atoms with Gasteiger partial charge < -0.3 is 15.7 Å². The summed E-state index contributed by atoms with van der Waals surface area (Å²) in [6.45, 7) is 6.82. The van der Waals surface area contributed by atoms with Gasteiger partial charge in [-0.05, 0) is 54.4 Å². The Morgan fingerprint density at radius 2 is 2.03 bits per heavy atom. The summed E-state index contributed by atoms with van der Waals surface area (Å²) < 4.78 is 0.824. The van der Waals surface area contributed by atoms with Gasteiger partial charge in [-0.15, -0.1) is 11.3 Å². The van der Waals surface area contributed by atoms with Gasteiger partial charge in [0, 0.05) is 21.5 Å². The molecule has 0 radical (unpaired) electrons. The van der Waals surface area contributed by atoms with Crippen molar-refractivity contribution in [3.63, 3.8) is 0 Å². The predicted octanol–water partition coefficient (Wildman–Crippen LogP) is 4.64. The van der Waals surface area contributed by atoms with E-state index in [1.54, 1.807) is 18.2 Å². The lowest BCUT2D eigenvalue weighted by atomic mass is 9.72. The summed E-state index contributed by atoms with van der Waals surface area (Å²) in [6.07, 6.45) is 2.76. The van der Waals surface area contributed by atoms with Crippen molar-refractivity contribution in [2.75, 3.05) is 18.5 Å². The highest BCUT2D eigenvalue weighted by Crippen LogP contribution is 2.44. The molecule has 1 atom stereocenters. The highest BCUT2D eigenvalue weighted by Gasteiger charge is 2.34. The number of rotatable bonds is 5. The van der Waals surface area contributed by atoms with Crippen LogP contribution in [0.3, 0.4) is 0 Å².